The molecule has 0 unspecified atom stereocenters. The Balaban J connectivity index is 2.07. The fourth-order valence-electron chi connectivity index (χ4n) is 2.30. The van der Waals surface area contributed by atoms with E-state index in [1.807, 2.05) is 0 Å². The molecule has 12 heavy (non-hydrogen) atoms. The molecule has 0 aromatic rings. The molecule has 2 fully saturated rings. The van der Waals surface area contributed by atoms with Gasteiger partial charge in [-0.2, -0.15) is 0 Å². The summed E-state index contributed by atoms with van der Waals surface area (Å²) >= 11 is 0. The summed E-state index contributed by atoms with van der Waals surface area (Å²) in [7, 11) is 0. The second-order valence-corrected chi connectivity index (χ2v) is 5.36. The van der Waals surface area contributed by atoms with E-state index in [9.17, 15) is 0 Å². The quantitative estimate of drug-likeness (QED) is 0.547. The van der Waals surface area contributed by atoms with Crippen LogP contribution in [-0.4, -0.2) is 35.4 Å². The van der Waals surface area contributed by atoms with Crippen LogP contribution in [0.25, 0.3) is 0 Å². The van der Waals surface area contributed by atoms with E-state index in [4.69, 9.17) is 0 Å². The Bertz CT molecular complexity index is 160. The maximum Gasteiger partial charge on any atom is 0.115 e. The normalized spacial score (nSPS) is 34.0. The number of fused-ring (bicyclic) bond motifs is 1. The third-order valence-corrected chi connectivity index (χ3v) is 2.62. The van der Waals surface area contributed by atoms with Crippen molar-refractivity contribution in [3.8, 4) is 0 Å². The molecular formula is C9H19N3. The van der Waals surface area contributed by atoms with Crippen LogP contribution in [-0.2, 0) is 0 Å². The lowest BCUT2D eigenvalue weighted by Gasteiger charge is -2.24. The van der Waals surface area contributed by atoms with Gasteiger partial charge in [-0.3, -0.25) is 15.5 Å². The van der Waals surface area contributed by atoms with Gasteiger partial charge in [0.15, 0.2) is 0 Å². The maximum atomic E-state index is 3.56. The molecule has 0 aromatic carbocycles. The summed E-state index contributed by atoms with van der Waals surface area (Å²) in [6.07, 6.45) is 0.398. The summed E-state index contributed by atoms with van der Waals surface area (Å²) in [6.45, 7) is 11.3. The van der Waals surface area contributed by atoms with Gasteiger partial charge in [-0.25, -0.2) is 0 Å². The van der Waals surface area contributed by atoms with E-state index >= 15 is 0 Å². The largest absolute Gasteiger partial charge is 0.283 e. The second-order valence-electron chi connectivity index (χ2n) is 5.36. The molecule has 0 bridgehead atoms. The van der Waals surface area contributed by atoms with Crippen LogP contribution < -0.4 is 10.6 Å². The molecule has 2 aliphatic rings. The van der Waals surface area contributed by atoms with Crippen molar-refractivity contribution >= 4 is 0 Å². The van der Waals surface area contributed by atoms with E-state index in [-0.39, 0.29) is 11.1 Å². The highest BCUT2D eigenvalue weighted by Gasteiger charge is 2.45. The van der Waals surface area contributed by atoms with Crippen LogP contribution in [0.3, 0.4) is 0 Å². The Morgan fingerprint density at radius 3 is 1.75 bits per heavy atom. The van der Waals surface area contributed by atoms with E-state index in [1.165, 1.54) is 0 Å². The zero-order chi connectivity index (χ0) is 8.98. The summed E-state index contributed by atoms with van der Waals surface area (Å²) in [5.41, 5.74) is 0.544. The first-order valence-electron chi connectivity index (χ1n) is 4.68. The Morgan fingerprint density at radius 2 is 1.42 bits per heavy atom. The summed E-state index contributed by atoms with van der Waals surface area (Å²) in [5.74, 6) is 0. The van der Waals surface area contributed by atoms with Crippen molar-refractivity contribution in [2.75, 3.05) is 13.1 Å². The van der Waals surface area contributed by atoms with E-state index in [0.717, 1.165) is 13.1 Å². The van der Waals surface area contributed by atoms with Crippen LogP contribution in [0.15, 0.2) is 0 Å². The number of rotatable bonds is 0. The Hall–Kier alpha value is -0.120. The standard InChI is InChI=1S/C9H19N3/c1-8(2)5-12-6-9(3,4)11-7(12)10-8/h7,10-11H,5-6H2,1-4H3. The minimum atomic E-state index is 0.272. The molecule has 70 valence electrons. The zero-order valence-corrected chi connectivity index (χ0v) is 8.44. The van der Waals surface area contributed by atoms with Crippen molar-refractivity contribution in [3.63, 3.8) is 0 Å². The number of hydrogen-bond donors (Lipinski definition) is 2. The SMILES string of the molecule is CC1(C)CN2CC(C)(C)NC2N1. The van der Waals surface area contributed by atoms with Gasteiger partial charge in [-0.05, 0) is 27.7 Å². The van der Waals surface area contributed by atoms with Gasteiger partial charge in [0.1, 0.15) is 6.29 Å². The number of nitrogens with one attached hydrogen (secondary N) is 2. The average molecular weight is 169 g/mol. The first kappa shape index (κ1) is 8.48. The summed E-state index contributed by atoms with van der Waals surface area (Å²) in [5, 5.41) is 7.13. The van der Waals surface area contributed by atoms with Gasteiger partial charge in [-0.15, -0.1) is 0 Å². The molecule has 2 heterocycles. The Labute approximate surface area is 74.5 Å². The molecule has 0 saturated carbocycles. The van der Waals surface area contributed by atoms with Crippen LogP contribution in [0, 0.1) is 0 Å². The van der Waals surface area contributed by atoms with Gasteiger partial charge in [0.2, 0.25) is 0 Å². The van der Waals surface area contributed by atoms with Gasteiger partial charge in [-0.1, -0.05) is 0 Å². The van der Waals surface area contributed by atoms with Gasteiger partial charge in [0.05, 0.1) is 0 Å². The molecule has 0 aromatic heterocycles. The lowest BCUT2D eigenvalue weighted by Crippen LogP contribution is -2.50. The van der Waals surface area contributed by atoms with Gasteiger partial charge < -0.3 is 0 Å². The second kappa shape index (κ2) is 2.22. The molecule has 3 heteroatoms. The number of nitrogens with zero attached hydrogens (tertiary/aromatic N) is 1. The predicted molar refractivity (Wildman–Crippen MR) is 49.8 cm³/mol. The highest BCUT2D eigenvalue weighted by Crippen LogP contribution is 2.25. The van der Waals surface area contributed by atoms with Crippen LogP contribution in [0.1, 0.15) is 27.7 Å². The van der Waals surface area contributed by atoms with Crippen molar-refractivity contribution in [2.45, 2.75) is 45.1 Å². The molecule has 0 amide bonds. The summed E-state index contributed by atoms with van der Waals surface area (Å²) in [4.78, 5) is 2.47. The fraction of sp³-hybridized carbons (Fsp3) is 1.00. The first-order chi connectivity index (χ1) is 5.38. The molecule has 3 nitrogen and oxygen atoms in total. The van der Waals surface area contributed by atoms with E-state index in [2.05, 4.69) is 43.2 Å². The van der Waals surface area contributed by atoms with Crippen molar-refractivity contribution in [2.24, 2.45) is 0 Å². The smallest absolute Gasteiger partial charge is 0.115 e. The van der Waals surface area contributed by atoms with Crippen molar-refractivity contribution < 1.29 is 0 Å². The lowest BCUT2D eigenvalue weighted by atomic mass is 10.0. The third kappa shape index (κ3) is 1.37. The minimum Gasteiger partial charge on any atom is -0.283 e. The maximum absolute atomic E-state index is 3.56. The van der Waals surface area contributed by atoms with Crippen molar-refractivity contribution in [1.82, 2.24) is 15.5 Å². The topological polar surface area (TPSA) is 27.3 Å². The first-order valence-corrected chi connectivity index (χ1v) is 4.68. The van der Waals surface area contributed by atoms with Crippen LogP contribution in [0.5, 0.6) is 0 Å². The average Bonchev–Trinajstić information content (AvgIpc) is 2.12. The summed E-state index contributed by atoms with van der Waals surface area (Å²) < 4.78 is 0. The lowest BCUT2D eigenvalue weighted by molar-refractivity contribution is 0.295. The zero-order valence-electron chi connectivity index (χ0n) is 8.44. The molecule has 2 aliphatic heterocycles. The molecule has 2 saturated heterocycles. The Morgan fingerprint density at radius 1 is 1.00 bits per heavy atom. The molecule has 0 spiro atoms. The van der Waals surface area contributed by atoms with Crippen LogP contribution >= 0.6 is 0 Å². The highest BCUT2D eigenvalue weighted by atomic mass is 15.5. The van der Waals surface area contributed by atoms with E-state index in [0.29, 0.717) is 6.29 Å². The number of hydrogen-bond acceptors (Lipinski definition) is 3. The van der Waals surface area contributed by atoms with Crippen molar-refractivity contribution in [3.05, 3.63) is 0 Å². The van der Waals surface area contributed by atoms with Crippen LogP contribution in [0.2, 0.25) is 0 Å². The summed E-state index contributed by atoms with van der Waals surface area (Å²) in [6, 6.07) is 0. The monoisotopic (exact) mass is 169 g/mol. The molecule has 2 N–H and O–H groups in total. The van der Waals surface area contributed by atoms with E-state index in [1.54, 1.807) is 0 Å². The highest BCUT2D eigenvalue weighted by molar-refractivity contribution is 5.02. The van der Waals surface area contributed by atoms with Gasteiger partial charge >= 0.3 is 0 Å². The molecule has 0 atom stereocenters. The van der Waals surface area contributed by atoms with Crippen molar-refractivity contribution in [1.29, 1.82) is 0 Å². The predicted octanol–water partition coefficient (Wildman–Crippen LogP) is 0.336. The minimum absolute atomic E-state index is 0.272. The molecule has 2 rings (SSSR count). The van der Waals surface area contributed by atoms with Gasteiger partial charge in [0, 0.05) is 24.2 Å². The fourth-order valence-corrected chi connectivity index (χ4v) is 2.30. The molecular weight excluding hydrogens is 150 g/mol. The Kier molecular flexibility index (Phi) is 1.57. The molecule has 0 aliphatic carbocycles. The van der Waals surface area contributed by atoms with Crippen LogP contribution in [0.4, 0.5) is 0 Å². The third-order valence-electron chi connectivity index (χ3n) is 2.62. The van der Waals surface area contributed by atoms with E-state index < -0.39 is 0 Å². The molecule has 0 radical (unpaired) electrons. The van der Waals surface area contributed by atoms with Gasteiger partial charge in [0.25, 0.3) is 0 Å².